The number of carbonyl (C=O) groups is 1. The first-order valence-electron chi connectivity index (χ1n) is 11.4. The van der Waals surface area contributed by atoms with Gasteiger partial charge in [0.2, 0.25) is 0 Å². The first kappa shape index (κ1) is 24.3. The minimum absolute atomic E-state index is 0.104. The number of aryl methyl sites for hydroxylation is 1. The van der Waals surface area contributed by atoms with Gasteiger partial charge >= 0.3 is 12.1 Å². The van der Waals surface area contributed by atoms with Gasteiger partial charge < -0.3 is 19.5 Å². The van der Waals surface area contributed by atoms with E-state index in [0.717, 1.165) is 5.69 Å². The molecule has 10 heteroatoms. The molecule has 0 bridgehead atoms. The van der Waals surface area contributed by atoms with E-state index in [2.05, 4.69) is 14.9 Å². The molecule has 2 aromatic rings. The summed E-state index contributed by atoms with van der Waals surface area (Å²) in [6, 6.07) is 3.47. The highest BCUT2D eigenvalue weighted by Crippen LogP contribution is 2.39. The van der Waals surface area contributed by atoms with Crippen molar-refractivity contribution in [2.75, 3.05) is 31.2 Å². The molecule has 3 heterocycles. The van der Waals surface area contributed by atoms with Crippen molar-refractivity contribution in [1.82, 2.24) is 9.97 Å². The molecule has 1 aliphatic carbocycles. The highest BCUT2D eigenvalue weighted by atomic mass is 19.4. The van der Waals surface area contributed by atoms with Crippen LogP contribution in [0.3, 0.4) is 0 Å². The number of rotatable bonds is 6. The van der Waals surface area contributed by atoms with E-state index < -0.39 is 18.1 Å². The Morgan fingerprint density at radius 2 is 1.97 bits per heavy atom. The molecule has 7 nitrogen and oxygen atoms in total. The number of carboxylic acid groups (broad SMARTS) is 1. The molecule has 1 saturated heterocycles. The second-order valence-corrected chi connectivity index (χ2v) is 8.96. The number of aromatic carboxylic acids is 1. The molecule has 1 aliphatic heterocycles. The van der Waals surface area contributed by atoms with Crippen LogP contribution in [0.25, 0.3) is 0 Å². The molecule has 184 valence electrons. The zero-order valence-electron chi connectivity index (χ0n) is 18.9. The summed E-state index contributed by atoms with van der Waals surface area (Å²) in [5.41, 5.74) is 2.14. The van der Waals surface area contributed by atoms with Gasteiger partial charge in [0.05, 0.1) is 48.5 Å². The summed E-state index contributed by atoms with van der Waals surface area (Å²) in [6.07, 6.45) is 1.84. The number of halogens is 3. The summed E-state index contributed by atoms with van der Waals surface area (Å²) in [5.74, 6) is -1.55. The lowest BCUT2D eigenvalue weighted by Crippen LogP contribution is -2.38. The van der Waals surface area contributed by atoms with Gasteiger partial charge in [-0.25, -0.2) is 4.79 Å². The van der Waals surface area contributed by atoms with Crippen molar-refractivity contribution in [3.63, 3.8) is 0 Å². The fourth-order valence-corrected chi connectivity index (χ4v) is 4.56. The van der Waals surface area contributed by atoms with Crippen LogP contribution in [-0.4, -0.2) is 53.5 Å². The number of nitrogens with zero attached hydrogens (tertiary/aromatic N) is 3. The lowest BCUT2D eigenvalue weighted by Gasteiger charge is -2.34. The Bertz CT molecular complexity index is 1010. The highest BCUT2D eigenvalue weighted by molar-refractivity contribution is 5.88. The van der Waals surface area contributed by atoms with Crippen molar-refractivity contribution in [2.45, 2.75) is 44.9 Å². The van der Waals surface area contributed by atoms with Gasteiger partial charge in [-0.15, -0.1) is 0 Å². The average Bonchev–Trinajstić information content (AvgIpc) is 2.83. The van der Waals surface area contributed by atoms with E-state index in [9.17, 15) is 23.1 Å². The lowest BCUT2D eigenvalue weighted by molar-refractivity contribution is -0.184. The third-order valence-corrected chi connectivity index (χ3v) is 6.64. The highest BCUT2D eigenvalue weighted by Gasteiger charge is 2.41. The fourth-order valence-electron chi connectivity index (χ4n) is 4.56. The van der Waals surface area contributed by atoms with Gasteiger partial charge in [0.25, 0.3) is 0 Å². The monoisotopic (exact) mass is 479 g/mol. The van der Waals surface area contributed by atoms with Crippen LogP contribution in [0.15, 0.2) is 30.7 Å². The Hall–Kier alpha value is -2.88. The first-order valence-corrected chi connectivity index (χ1v) is 11.4. The molecule has 4 rings (SSSR count). The maximum Gasteiger partial charge on any atom is 0.391 e. The summed E-state index contributed by atoms with van der Waals surface area (Å²) in [4.78, 5) is 22.0. The van der Waals surface area contributed by atoms with Crippen molar-refractivity contribution in [3.8, 4) is 5.75 Å². The largest absolute Gasteiger partial charge is 0.492 e. The zero-order valence-corrected chi connectivity index (χ0v) is 18.9. The van der Waals surface area contributed by atoms with Crippen molar-refractivity contribution >= 4 is 11.7 Å². The van der Waals surface area contributed by atoms with Crippen LogP contribution in [0.1, 0.15) is 53.4 Å². The van der Waals surface area contributed by atoms with Crippen LogP contribution < -0.4 is 9.64 Å². The second kappa shape index (κ2) is 10.2. The number of morpholine rings is 1. The third-order valence-electron chi connectivity index (χ3n) is 6.64. The Morgan fingerprint density at radius 1 is 1.21 bits per heavy atom. The summed E-state index contributed by atoms with van der Waals surface area (Å²) in [5, 5.41) is 9.38. The molecule has 0 aromatic carbocycles. The van der Waals surface area contributed by atoms with Crippen molar-refractivity contribution < 1.29 is 32.5 Å². The zero-order chi connectivity index (χ0) is 24.3. The molecule has 0 amide bonds. The van der Waals surface area contributed by atoms with Crippen molar-refractivity contribution in [2.24, 2.45) is 11.8 Å². The third kappa shape index (κ3) is 5.78. The van der Waals surface area contributed by atoms with Gasteiger partial charge in [-0.2, -0.15) is 13.2 Å². The molecule has 1 saturated carbocycles. The molecule has 1 unspecified atom stereocenters. The van der Waals surface area contributed by atoms with Crippen molar-refractivity contribution in [3.05, 3.63) is 47.5 Å². The number of aromatic nitrogens is 2. The van der Waals surface area contributed by atoms with Crippen LogP contribution >= 0.6 is 0 Å². The molecule has 34 heavy (non-hydrogen) atoms. The van der Waals surface area contributed by atoms with Gasteiger partial charge in [0.1, 0.15) is 11.9 Å². The summed E-state index contributed by atoms with van der Waals surface area (Å²) in [7, 11) is 0. The molecule has 2 aromatic heterocycles. The van der Waals surface area contributed by atoms with E-state index >= 15 is 0 Å². The van der Waals surface area contributed by atoms with Crippen LogP contribution in [0.2, 0.25) is 0 Å². The van der Waals surface area contributed by atoms with Crippen LogP contribution in [0.4, 0.5) is 18.9 Å². The fraction of sp³-hybridized carbons (Fsp3) is 0.542. The number of carboxylic acids is 1. The second-order valence-electron chi connectivity index (χ2n) is 8.96. The molecule has 0 radical (unpaired) electrons. The Labute approximate surface area is 195 Å². The number of pyridine rings is 2. The molecule has 2 fully saturated rings. The van der Waals surface area contributed by atoms with E-state index in [-0.39, 0.29) is 30.4 Å². The SMILES string of the molecule is Cc1ncc(C2CN(c3cncc(OCC4CCC(C(F)(F)F)CC4)c3)CCO2)cc1C(=O)O. The minimum Gasteiger partial charge on any atom is -0.492 e. The normalized spacial score (nSPS) is 23.5. The number of alkyl halides is 3. The Morgan fingerprint density at radius 3 is 2.68 bits per heavy atom. The van der Waals surface area contributed by atoms with Gasteiger partial charge in [0, 0.05) is 30.9 Å². The smallest absolute Gasteiger partial charge is 0.391 e. The van der Waals surface area contributed by atoms with Crippen LogP contribution in [0, 0.1) is 18.8 Å². The number of hydrogen-bond acceptors (Lipinski definition) is 6. The standard InChI is InChI=1S/C24H28F3N3O4/c1-15-21(23(31)32)8-17(10-29-15)22-13-30(6-7-33-22)19-9-20(12-28-11-19)34-14-16-2-4-18(5-3-16)24(25,26)27/h8-12,16,18,22H,2-7,13-14H2,1H3,(H,31,32). The van der Waals surface area contributed by atoms with Gasteiger partial charge in [0.15, 0.2) is 0 Å². The predicted molar refractivity (Wildman–Crippen MR) is 118 cm³/mol. The van der Waals surface area contributed by atoms with E-state index in [1.807, 2.05) is 6.07 Å². The van der Waals surface area contributed by atoms with Crippen molar-refractivity contribution in [1.29, 1.82) is 0 Å². The molecule has 2 aliphatic rings. The lowest BCUT2D eigenvalue weighted by atomic mass is 9.82. The van der Waals surface area contributed by atoms with Gasteiger partial charge in [-0.3, -0.25) is 9.97 Å². The predicted octanol–water partition coefficient (Wildman–Crippen LogP) is 4.81. The molecule has 1 atom stereocenters. The van der Waals surface area contributed by atoms with E-state index in [1.165, 1.54) is 0 Å². The molecule has 0 spiro atoms. The topological polar surface area (TPSA) is 84.8 Å². The summed E-state index contributed by atoms with van der Waals surface area (Å²) < 4.78 is 50.4. The summed E-state index contributed by atoms with van der Waals surface area (Å²) in [6.45, 7) is 3.61. The van der Waals surface area contributed by atoms with Gasteiger partial charge in [-0.05, 0) is 44.6 Å². The first-order chi connectivity index (χ1) is 16.2. The summed E-state index contributed by atoms with van der Waals surface area (Å²) >= 11 is 0. The number of ether oxygens (including phenoxy) is 2. The Balaban J connectivity index is 1.36. The maximum atomic E-state index is 12.9. The molecule has 1 N–H and O–H groups in total. The van der Waals surface area contributed by atoms with E-state index in [4.69, 9.17) is 9.47 Å². The Kier molecular flexibility index (Phi) is 7.25. The maximum absolute atomic E-state index is 12.9. The minimum atomic E-state index is -4.11. The van der Waals surface area contributed by atoms with E-state index in [0.29, 0.717) is 56.2 Å². The number of anilines is 1. The van der Waals surface area contributed by atoms with Crippen LogP contribution in [-0.2, 0) is 4.74 Å². The molecular formula is C24H28F3N3O4. The van der Waals surface area contributed by atoms with Gasteiger partial charge in [-0.1, -0.05) is 0 Å². The average molecular weight is 479 g/mol. The van der Waals surface area contributed by atoms with Crippen LogP contribution in [0.5, 0.6) is 5.75 Å². The quantitative estimate of drug-likeness (QED) is 0.637. The van der Waals surface area contributed by atoms with E-state index in [1.54, 1.807) is 31.6 Å². The molecular weight excluding hydrogens is 451 g/mol. The number of hydrogen-bond donors (Lipinski definition) is 1.